The number of nitrogens with one attached hydrogen (secondary N) is 2. The lowest BCUT2D eigenvalue weighted by atomic mass is 9.89. The highest BCUT2D eigenvalue weighted by molar-refractivity contribution is 5.93. The van der Waals surface area contributed by atoms with Crippen LogP contribution in [0.25, 0.3) is 0 Å². The van der Waals surface area contributed by atoms with Gasteiger partial charge in [0, 0.05) is 44.4 Å². The van der Waals surface area contributed by atoms with Crippen molar-refractivity contribution in [3.05, 3.63) is 17.0 Å². The van der Waals surface area contributed by atoms with Gasteiger partial charge in [-0.3, -0.25) is 9.89 Å². The third kappa shape index (κ3) is 3.58. The summed E-state index contributed by atoms with van der Waals surface area (Å²) in [5, 5.41) is 10.6. The number of hydrogen-bond donors (Lipinski definition) is 2. The lowest BCUT2D eigenvalue weighted by molar-refractivity contribution is 0.0753. The fourth-order valence-electron chi connectivity index (χ4n) is 3.42. The normalized spacial score (nSPS) is 18.7. The molecule has 0 radical (unpaired) electrons. The first-order chi connectivity index (χ1) is 9.75. The van der Waals surface area contributed by atoms with Gasteiger partial charge in [0.25, 0.3) is 5.91 Å². The highest BCUT2D eigenvalue weighted by Crippen LogP contribution is 2.25. The van der Waals surface area contributed by atoms with Crippen molar-refractivity contribution in [2.75, 3.05) is 20.1 Å². The van der Waals surface area contributed by atoms with Crippen LogP contribution in [0.3, 0.4) is 0 Å². The molecule has 2 aliphatic rings. The Kier molecular flexibility index (Phi) is 5.65. The zero-order valence-electron chi connectivity index (χ0n) is 12.7. The van der Waals surface area contributed by atoms with Gasteiger partial charge in [-0.25, -0.2) is 0 Å². The fourth-order valence-corrected chi connectivity index (χ4v) is 3.42. The molecule has 1 fully saturated rings. The summed E-state index contributed by atoms with van der Waals surface area (Å²) in [6, 6.07) is 0. The predicted molar refractivity (Wildman–Crippen MR) is 84.8 cm³/mol. The van der Waals surface area contributed by atoms with Crippen molar-refractivity contribution < 1.29 is 4.79 Å². The highest BCUT2D eigenvalue weighted by Gasteiger charge is 2.25. The van der Waals surface area contributed by atoms with Gasteiger partial charge in [0.1, 0.15) is 0 Å². The lowest BCUT2D eigenvalue weighted by Gasteiger charge is -2.27. The van der Waals surface area contributed by atoms with Gasteiger partial charge >= 0.3 is 0 Å². The molecule has 3 rings (SSSR count). The Morgan fingerprint density at radius 3 is 2.86 bits per heavy atom. The van der Waals surface area contributed by atoms with E-state index < -0.39 is 0 Å². The van der Waals surface area contributed by atoms with Crippen LogP contribution in [0.4, 0.5) is 0 Å². The summed E-state index contributed by atoms with van der Waals surface area (Å²) in [6.45, 7) is 2.58. The van der Waals surface area contributed by atoms with Gasteiger partial charge in [0.05, 0.1) is 0 Å². The summed E-state index contributed by atoms with van der Waals surface area (Å²) in [6.07, 6.45) is 7.44. The molecule has 1 aromatic heterocycles. The second-order valence-electron chi connectivity index (χ2n) is 6.15. The van der Waals surface area contributed by atoms with Crippen LogP contribution in [0.15, 0.2) is 0 Å². The summed E-state index contributed by atoms with van der Waals surface area (Å²) in [4.78, 5) is 14.4. The van der Waals surface area contributed by atoms with Crippen molar-refractivity contribution >= 4 is 18.3 Å². The number of carbonyl (C=O) groups is 1. The Bertz CT molecular complexity index is 482. The van der Waals surface area contributed by atoms with Gasteiger partial charge in [-0.1, -0.05) is 19.3 Å². The Morgan fingerprint density at radius 2 is 2.10 bits per heavy atom. The summed E-state index contributed by atoms with van der Waals surface area (Å²) < 4.78 is 0. The Balaban J connectivity index is 0.00000161. The maximum absolute atomic E-state index is 12.6. The molecule has 0 spiro atoms. The second kappa shape index (κ2) is 7.27. The average molecular weight is 313 g/mol. The first kappa shape index (κ1) is 16.3. The zero-order chi connectivity index (χ0) is 13.9. The maximum atomic E-state index is 12.6. The molecule has 0 atom stereocenters. The molecule has 0 bridgehead atoms. The van der Waals surface area contributed by atoms with Crippen LogP contribution in [0.1, 0.15) is 53.8 Å². The number of halogens is 1. The molecular weight excluding hydrogens is 288 g/mol. The Morgan fingerprint density at radius 1 is 1.33 bits per heavy atom. The van der Waals surface area contributed by atoms with Crippen LogP contribution in [-0.2, 0) is 13.0 Å². The summed E-state index contributed by atoms with van der Waals surface area (Å²) in [5.74, 6) is 0.738. The van der Waals surface area contributed by atoms with Crippen LogP contribution in [-0.4, -0.2) is 41.1 Å². The SMILES string of the molecule is CN(CC1CCCCC1)C(=O)c1n[nH]c2c1CNCC2.Cl. The van der Waals surface area contributed by atoms with Gasteiger partial charge < -0.3 is 10.2 Å². The number of hydrogen-bond acceptors (Lipinski definition) is 3. The van der Waals surface area contributed by atoms with E-state index in [1.807, 2.05) is 11.9 Å². The van der Waals surface area contributed by atoms with E-state index in [9.17, 15) is 4.79 Å². The predicted octanol–water partition coefficient (Wildman–Crippen LogP) is 2.13. The molecular formula is C15H25ClN4O. The largest absolute Gasteiger partial charge is 0.340 e. The summed E-state index contributed by atoms with van der Waals surface area (Å²) in [7, 11) is 1.91. The Hall–Kier alpha value is -1.07. The molecule has 21 heavy (non-hydrogen) atoms. The van der Waals surface area contributed by atoms with Crippen molar-refractivity contribution in [1.29, 1.82) is 0 Å². The third-order valence-corrected chi connectivity index (χ3v) is 4.61. The number of H-pyrrole nitrogens is 1. The van der Waals surface area contributed by atoms with E-state index in [1.165, 1.54) is 32.1 Å². The zero-order valence-corrected chi connectivity index (χ0v) is 13.5. The van der Waals surface area contributed by atoms with Crippen LogP contribution < -0.4 is 5.32 Å². The molecule has 0 unspecified atom stereocenters. The van der Waals surface area contributed by atoms with Gasteiger partial charge in [-0.05, 0) is 18.8 Å². The monoisotopic (exact) mass is 312 g/mol. The molecule has 0 aromatic carbocycles. The standard InChI is InChI=1S/C15H24N4O.ClH/c1-19(10-11-5-3-2-4-6-11)15(20)14-12-9-16-8-7-13(12)17-18-14;/h11,16H,2-10H2,1H3,(H,17,18);1H. The van der Waals surface area contributed by atoms with Gasteiger partial charge in [-0.15, -0.1) is 12.4 Å². The van der Waals surface area contributed by atoms with E-state index in [-0.39, 0.29) is 18.3 Å². The first-order valence-corrected chi connectivity index (χ1v) is 7.78. The quantitative estimate of drug-likeness (QED) is 0.899. The van der Waals surface area contributed by atoms with Gasteiger partial charge in [-0.2, -0.15) is 5.10 Å². The van der Waals surface area contributed by atoms with Crippen molar-refractivity contribution in [2.45, 2.75) is 45.1 Å². The maximum Gasteiger partial charge on any atom is 0.274 e. The lowest BCUT2D eigenvalue weighted by Crippen LogP contribution is -2.34. The number of fused-ring (bicyclic) bond motifs is 1. The smallest absolute Gasteiger partial charge is 0.274 e. The minimum absolute atomic E-state index is 0. The topological polar surface area (TPSA) is 61.0 Å². The van der Waals surface area contributed by atoms with Gasteiger partial charge in [0.2, 0.25) is 0 Å². The Labute approximate surface area is 132 Å². The van der Waals surface area contributed by atoms with E-state index in [1.54, 1.807) is 0 Å². The minimum Gasteiger partial charge on any atom is -0.340 e. The summed E-state index contributed by atoms with van der Waals surface area (Å²) >= 11 is 0. The van der Waals surface area contributed by atoms with Crippen molar-refractivity contribution in [2.24, 2.45) is 5.92 Å². The van der Waals surface area contributed by atoms with Crippen molar-refractivity contribution in [3.8, 4) is 0 Å². The fraction of sp³-hybridized carbons (Fsp3) is 0.733. The molecule has 6 heteroatoms. The van der Waals surface area contributed by atoms with E-state index >= 15 is 0 Å². The van der Waals surface area contributed by atoms with Crippen molar-refractivity contribution in [3.63, 3.8) is 0 Å². The number of carbonyl (C=O) groups excluding carboxylic acids is 1. The molecule has 2 N–H and O–H groups in total. The molecule has 118 valence electrons. The number of aromatic amines is 1. The van der Waals surface area contributed by atoms with E-state index in [0.717, 1.165) is 37.3 Å². The van der Waals surface area contributed by atoms with E-state index in [4.69, 9.17) is 0 Å². The molecule has 1 amide bonds. The molecule has 0 saturated heterocycles. The molecule has 1 aliphatic carbocycles. The summed E-state index contributed by atoms with van der Waals surface area (Å²) in [5.41, 5.74) is 2.81. The molecule has 1 saturated carbocycles. The number of nitrogens with zero attached hydrogens (tertiary/aromatic N) is 2. The molecule has 5 nitrogen and oxygen atoms in total. The third-order valence-electron chi connectivity index (χ3n) is 4.61. The number of aromatic nitrogens is 2. The highest BCUT2D eigenvalue weighted by atomic mass is 35.5. The number of rotatable bonds is 3. The van der Waals surface area contributed by atoms with Gasteiger partial charge in [0.15, 0.2) is 5.69 Å². The average Bonchev–Trinajstić information content (AvgIpc) is 2.91. The second-order valence-corrected chi connectivity index (χ2v) is 6.15. The van der Waals surface area contributed by atoms with Crippen LogP contribution >= 0.6 is 12.4 Å². The first-order valence-electron chi connectivity index (χ1n) is 7.78. The van der Waals surface area contributed by atoms with E-state index in [2.05, 4.69) is 15.5 Å². The van der Waals surface area contributed by atoms with Crippen LogP contribution in [0.2, 0.25) is 0 Å². The van der Waals surface area contributed by atoms with Crippen LogP contribution in [0.5, 0.6) is 0 Å². The van der Waals surface area contributed by atoms with Crippen molar-refractivity contribution in [1.82, 2.24) is 20.4 Å². The molecule has 1 aromatic rings. The van der Waals surface area contributed by atoms with Crippen LogP contribution in [0, 0.1) is 5.92 Å². The molecule has 1 aliphatic heterocycles. The van der Waals surface area contributed by atoms with E-state index in [0.29, 0.717) is 11.6 Å². The number of amides is 1. The minimum atomic E-state index is 0. The molecule has 2 heterocycles.